The van der Waals surface area contributed by atoms with Gasteiger partial charge in [-0.1, -0.05) is 43.3 Å². The maximum atomic E-state index is 13.2. The van der Waals surface area contributed by atoms with Gasteiger partial charge in [-0.25, -0.2) is 9.69 Å². The number of nitrogens with zero attached hydrogens (tertiary/aromatic N) is 2. The number of carbonyl (C=O) groups is 3. The summed E-state index contributed by atoms with van der Waals surface area (Å²) in [6, 6.07) is 20.5. The van der Waals surface area contributed by atoms with Crippen molar-refractivity contribution >= 4 is 29.6 Å². The highest BCUT2D eigenvalue weighted by Crippen LogP contribution is 2.31. The van der Waals surface area contributed by atoms with Crippen molar-refractivity contribution in [3.8, 4) is 17.6 Å². The molecule has 1 heterocycles. The Morgan fingerprint density at radius 1 is 0.946 bits per heavy atom. The second-order valence-electron chi connectivity index (χ2n) is 8.17. The highest BCUT2D eigenvalue weighted by atomic mass is 16.5. The van der Waals surface area contributed by atoms with Crippen LogP contribution in [0.3, 0.4) is 0 Å². The van der Waals surface area contributed by atoms with E-state index in [-0.39, 0.29) is 12.2 Å². The van der Waals surface area contributed by atoms with Gasteiger partial charge in [-0.05, 0) is 60.9 Å². The van der Waals surface area contributed by atoms with Crippen LogP contribution in [0.2, 0.25) is 0 Å². The van der Waals surface area contributed by atoms with Crippen molar-refractivity contribution < 1.29 is 23.9 Å². The minimum absolute atomic E-state index is 0.166. The smallest absolute Gasteiger partial charge is 0.335 e. The molecule has 4 amide bonds. The van der Waals surface area contributed by atoms with Gasteiger partial charge in [0.2, 0.25) is 0 Å². The number of urea groups is 1. The molecule has 1 saturated heterocycles. The topological polar surface area (TPSA) is 109 Å². The molecular weight excluding hydrogens is 470 g/mol. The van der Waals surface area contributed by atoms with Gasteiger partial charge < -0.3 is 9.47 Å². The molecule has 0 aliphatic carbocycles. The van der Waals surface area contributed by atoms with Gasteiger partial charge in [0.25, 0.3) is 11.8 Å². The Balaban J connectivity index is 1.61. The molecule has 4 rings (SSSR count). The van der Waals surface area contributed by atoms with Crippen LogP contribution in [0.4, 0.5) is 10.5 Å². The zero-order valence-electron chi connectivity index (χ0n) is 20.5. The molecule has 1 fully saturated rings. The summed E-state index contributed by atoms with van der Waals surface area (Å²) < 4.78 is 11.6. The van der Waals surface area contributed by atoms with Crippen LogP contribution in [0.15, 0.2) is 72.3 Å². The number of rotatable bonds is 8. The molecule has 1 aliphatic rings. The van der Waals surface area contributed by atoms with Crippen LogP contribution in [-0.4, -0.2) is 24.5 Å². The fourth-order valence-corrected chi connectivity index (χ4v) is 3.85. The zero-order valence-corrected chi connectivity index (χ0v) is 20.5. The Bertz CT molecular complexity index is 1420. The number of benzene rings is 3. The summed E-state index contributed by atoms with van der Waals surface area (Å²) in [7, 11) is 0. The van der Waals surface area contributed by atoms with Crippen molar-refractivity contribution in [3.05, 3.63) is 94.6 Å². The van der Waals surface area contributed by atoms with Gasteiger partial charge in [0.1, 0.15) is 12.2 Å². The molecule has 8 heteroatoms. The van der Waals surface area contributed by atoms with E-state index in [4.69, 9.17) is 9.47 Å². The Kier molecular flexibility index (Phi) is 7.65. The second-order valence-corrected chi connectivity index (χ2v) is 8.17. The third kappa shape index (κ3) is 5.52. The van der Waals surface area contributed by atoms with Crippen molar-refractivity contribution in [2.75, 3.05) is 11.5 Å². The lowest BCUT2D eigenvalue weighted by Gasteiger charge is -2.26. The van der Waals surface area contributed by atoms with Gasteiger partial charge in [-0.3, -0.25) is 14.9 Å². The molecule has 8 nitrogen and oxygen atoms in total. The van der Waals surface area contributed by atoms with Crippen molar-refractivity contribution in [2.24, 2.45) is 0 Å². The van der Waals surface area contributed by atoms with Crippen LogP contribution in [-0.2, 0) is 22.6 Å². The molecular formula is C29H25N3O5. The molecule has 1 N–H and O–H groups in total. The number of anilines is 1. The van der Waals surface area contributed by atoms with Crippen LogP contribution in [0.25, 0.3) is 6.08 Å². The number of amides is 4. The van der Waals surface area contributed by atoms with E-state index in [1.807, 2.05) is 38.1 Å². The number of carbonyl (C=O) groups excluding carboxylic acids is 3. The maximum Gasteiger partial charge on any atom is 0.335 e. The zero-order chi connectivity index (χ0) is 26.4. The Morgan fingerprint density at radius 3 is 2.41 bits per heavy atom. The lowest BCUT2D eigenvalue weighted by Crippen LogP contribution is -2.54. The van der Waals surface area contributed by atoms with Gasteiger partial charge in [0, 0.05) is 5.56 Å². The van der Waals surface area contributed by atoms with E-state index in [0.717, 1.165) is 22.4 Å². The molecule has 3 aromatic carbocycles. The fraction of sp³-hybridized carbons (Fsp3) is 0.172. The molecule has 0 atom stereocenters. The van der Waals surface area contributed by atoms with Gasteiger partial charge in [0.05, 0.1) is 23.9 Å². The van der Waals surface area contributed by atoms with Gasteiger partial charge in [-0.15, -0.1) is 0 Å². The van der Waals surface area contributed by atoms with E-state index in [9.17, 15) is 19.6 Å². The largest absolute Gasteiger partial charge is 0.490 e. The van der Waals surface area contributed by atoms with E-state index >= 15 is 0 Å². The first kappa shape index (κ1) is 25.2. The second kappa shape index (κ2) is 11.2. The van der Waals surface area contributed by atoms with Gasteiger partial charge in [-0.2, -0.15) is 5.26 Å². The maximum absolute atomic E-state index is 13.2. The summed E-state index contributed by atoms with van der Waals surface area (Å²) in [6.45, 7) is 4.36. The number of nitrogens with one attached hydrogen (secondary N) is 1. The Labute approximate surface area is 214 Å². The van der Waals surface area contributed by atoms with Gasteiger partial charge in [0.15, 0.2) is 11.5 Å². The summed E-state index contributed by atoms with van der Waals surface area (Å²) in [6.07, 6.45) is 2.23. The summed E-state index contributed by atoms with van der Waals surface area (Å²) in [5, 5.41) is 11.5. The van der Waals surface area contributed by atoms with E-state index in [2.05, 4.69) is 11.4 Å². The SMILES string of the molecule is CCOc1cc(/C=C2/C(=O)NC(=O)N(c3ccc(CC)cc3)C2=O)ccc1OCc1ccccc1C#N. The summed E-state index contributed by atoms with van der Waals surface area (Å²) in [4.78, 5) is 39.2. The van der Waals surface area contributed by atoms with Crippen molar-refractivity contribution in [3.63, 3.8) is 0 Å². The van der Waals surface area contributed by atoms with E-state index in [1.165, 1.54) is 6.08 Å². The number of hydrogen-bond acceptors (Lipinski definition) is 6. The van der Waals surface area contributed by atoms with E-state index in [0.29, 0.717) is 34.9 Å². The normalized spacial score (nSPS) is 14.4. The first-order valence-corrected chi connectivity index (χ1v) is 11.8. The predicted molar refractivity (Wildman–Crippen MR) is 138 cm³/mol. The van der Waals surface area contributed by atoms with Crippen LogP contribution >= 0.6 is 0 Å². The molecule has 37 heavy (non-hydrogen) atoms. The average Bonchev–Trinajstić information content (AvgIpc) is 2.91. The quantitative estimate of drug-likeness (QED) is 0.356. The van der Waals surface area contributed by atoms with Gasteiger partial charge >= 0.3 is 6.03 Å². The number of ether oxygens (including phenoxy) is 2. The van der Waals surface area contributed by atoms with Crippen molar-refractivity contribution in [1.29, 1.82) is 5.26 Å². The Hall–Kier alpha value is -4.90. The first-order valence-electron chi connectivity index (χ1n) is 11.8. The standard InChI is InChI=1S/C29H25N3O5/c1-3-19-9-12-23(13-10-19)32-28(34)24(27(33)31-29(32)35)15-20-11-14-25(26(16-20)36-4-2)37-18-22-8-6-5-7-21(22)17-30/h5-16H,3-4,18H2,1-2H3,(H,31,33,35)/b24-15-. The molecule has 0 bridgehead atoms. The van der Waals surface area contributed by atoms with Crippen LogP contribution < -0.4 is 19.7 Å². The van der Waals surface area contributed by atoms with E-state index < -0.39 is 17.8 Å². The summed E-state index contributed by atoms with van der Waals surface area (Å²) in [5.74, 6) is -0.630. The molecule has 1 aliphatic heterocycles. The number of imide groups is 2. The molecule has 0 spiro atoms. The number of nitriles is 1. The number of hydrogen-bond donors (Lipinski definition) is 1. The highest BCUT2D eigenvalue weighted by molar-refractivity contribution is 6.39. The van der Waals surface area contributed by atoms with E-state index in [1.54, 1.807) is 42.5 Å². The third-order valence-electron chi connectivity index (χ3n) is 5.80. The predicted octanol–water partition coefficient (Wildman–Crippen LogP) is 4.76. The summed E-state index contributed by atoms with van der Waals surface area (Å²) in [5.41, 5.74) is 3.02. The van der Waals surface area contributed by atoms with Crippen LogP contribution in [0.5, 0.6) is 11.5 Å². The van der Waals surface area contributed by atoms with Crippen molar-refractivity contribution in [2.45, 2.75) is 26.9 Å². The molecule has 0 radical (unpaired) electrons. The minimum atomic E-state index is -0.798. The Morgan fingerprint density at radius 2 is 1.70 bits per heavy atom. The number of barbiturate groups is 1. The first-order chi connectivity index (χ1) is 17.9. The molecule has 0 unspecified atom stereocenters. The monoisotopic (exact) mass is 495 g/mol. The van der Waals surface area contributed by atoms with Crippen LogP contribution in [0.1, 0.15) is 36.1 Å². The third-order valence-corrected chi connectivity index (χ3v) is 5.80. The fourth-order valence-electron chi connectivity index (χ4n) is 3.85. The molecule has 3 aromatic rings. The summed E-state index contributed by atoms with van der Waals surface area (Å²) >= 11 is 0. The van der Waals surface area contributed by atoms with Crippen molar-refractivity contribution in [1.82, 2.24) is 5.32 Å². The number of aryl methyl sites for hydroxylation is 1. The molecule has 186 valence electrons. The molecule has 0 saturated carbocycles. The lowest BCUT2D eigenvalue weighted by atomic mass is 10.1. The molecule has 0 aromatic heterocycles. The average molecular weight is 496 g/mol. The highest BCUT2D eigenvalue weighted by Gasteiger charge is 2.36. The lowest BCUT2D eigenvalue weighted by molar-refractivity contribution is -0.122. The minimum Gasteiger partial charge on any atom is -0.490 e. The van der Waals surface area contributed by atoms with Crippen LogP contribution in [0, 0.1) is 11.3 Å².